The summed E-state index contributed by atoms with van der Waals surface area (Å²) in [4.78, 5) is 37.2. The Balaban J connectivity index is 4.29. The number of carbonyl (C=O) groups is 3. The summed E-state index contributed by atoms with van der Waals surface area (Å²) in [5, 5.41) is 9.65. The number of carboxylic acids is 1. The molecule has 2 unspecified atom stereocenters. The molecule has 0 spiro atoms. The SMILES string of the molecule is CC/C=C/C/C=C/C/C=C/C/C=C/C/C=C/CCCCCCCCCC(=O)OCC(COCCC(C(=O)O)[N+](C)(C)C)OC(=O)CCCCCCCCC/C=C/C/C=C/CCCCC. The lowest BCUT2D eigenvalue weighted by Gasteiger charge is -2.31. The molecule has 8 heteroatoms. The highest BCUT2D eigenvalue weighted by Crippen LogP contribution is 2.14. The highest BCUT2D eigenvalue weighted by Gasteiger charge is 2.31. The van der Waals surface area contributed by atoms with E-state index in [1.807, 2.05) is 21.1 Å². The predicted molar refractivity (Wildman–Crippen MR) is 270 cm³/mol. The Labute approximate surface area is 393 Å². The molecule has 0 aromatic carbocycles. The number of esters is 2. The van der Waals surface area contributed by atoms with Crippen LogP contribution >= 0.6 is 0 Å². The molecule has 0 heterocycles. The van der Waals surface area contributed by atoms with Crippen molar-refractivity contribution in [2.24, 2.45) is 0 Å². The molecule has 0 aromatic heterocycles. The molecule has 0 saturated heterocycles. The normalized spacial score (nSPS) is 13.6. The molecule has 0 amide bonds. The first kappa shape index (κ1) is 60.5. The quantitative estimate of drug-likeness (QED) is 0.0281. The monoisotopic (exact) mass is 895 g/mol. The van der Waals surface area contributed by atoms with Crippen LogP contribution in [0, 0.1) is 0 Å². The number of hydrogen-bond acceptors (Lipinski definition) is 6. The fraction of sp³-hybridized carbons (Fsp3) is 0.696. The Bertz CT molecular complexity index is 1320. The van der Waals surface area contributed by atoms with E-state index in [1.165, 1.54) is 77.0 Å². The highest BCUT2D eigenvalue weighted by molar-refractivity contribution is 5.72. The molecule has 0 aromatic rings. The van der Waals surface area contributed by atoms with Gasteiger partial charge in [-0.2, -0.15) is 0 Å². The zero-order valence-electron chi connectivity index (χ0n) is 41.7. The standard InChI is InChI=1S/C56H95NO7/c1-6-8-10-12-14-16-18-20-22-24-25-26-27-28-29-31-32-34-36-38-40-42-44-46-54(58)63-51-52(50-62-49-48-53(56(60)61)57(3,4)5)64-55(59)47-45-43-41-39-37-35-33-30-23-21-19-17-15-13-11-9-7-2/h8,10,14-17,20-23,25-26,28-29,52-53H,6-7,9,11-13,18-19,24,27,30-51H2,1-5H3/p+1/b10-8+,16-14+,17-15+,22-20+,23-21+,26-25+,29-28+. The number of nitrogens with zero attached hydrogens (tertiary/aromatic N) is 1. The lowest BCUT2D eigenvalue weighted by Crippen LogP contribution is -2.50. The van der Waals surface area contributed by atoms with Crippen LogP contribution in [0.4, 0.5) is 0 Å². The molecule has 0 rings (SSSR count). The van der Waals surface area contributed by atoms with Crippen molar-refractivity contribution in [1.29, 1.82) is 0 Å². The number of aliphatic carboxylic acids is 1. The number of unbranched alkanes of at least 4 members (excludes halogenated alkanes) is 17. The Morgan fingerprint density at radius 3 is 1.30 bits per heavy atom. The van der Waals surface area contributed by atoms with Crippen molar-refractivity contribution in [1.82, 2.24) is 0 Å². The largest absolute Gasteiger partial charge is 0.477 e. The smallest absolute Gasteiger partial charge is 0.362 e. The van der Waals surface area contributed by atoms with Crippen molar-refractivity contribution in [2.45, 2.75) is 212 Å². The van der Waals surface area contributed by atoms with Gasteiger partial charge in [0.15, 0.2) is 12.1 Å². The van der Waals surface area contributed by atoms with Crippen LogP contribution in [0.3, 0.4) is 0 Å². The minimum atomic E-state index is -0.880. The summed E-state index contributed by atoms with van der Waals surface area (Å²) in [6, 6.07) is -0.623. The zero-order valence-corrected chi connectivity index (χ0v) is 41.7. The Morgan fingerprint density at radius 1 is 0.484 bits per heavy atom. The number of allylic oxidation sites excluding steroid dienone is 14. The van der Waals surface area contributed by atoms with Crippen LogP contribution < -0.4 is 0 Å². The third-order valence-electron chi connectivity index (χ3n) is 11.0. The van der Waals surface area contributed by atoms with Gasteiger partial charge in [0.1, 0.15) is 6.61 Å². The number of likely N-dealkylation sites (N-methyl/N-ethyl adjacent to an activating group) is 1. The third-order valence-corrected chi connectivity index (χ3v) is 11.0. The van der Waals surface area contributed by atoms with E-state index in [2.05, 4.69) is 98.9 Å². The molecule has 1 N–H and O–H groups in total. The van der Waals surface area contributed by atoms with Crippen molar-refractivity contribution in [2.75, 3.05) is 41.0 Å². The van der Waals surface area contributed by atoms with Gasteiger partial charge in [0.2, 0.25) is 0 Å². The topological polar surface area (TPSA) is 99.1 Å². The summed E-state index contributed by atoms with van der Waals surface area (Å²) in [6.45, 7) is 4.58. The summed E-state index contributed by atoms with van der Waals surface area (Å²) in [5.41, 5.74) is 0. The number of ether oxygens (including phenoxy) is 3. The molecule has 0 aliphatic rings. The Kier molecular flexibility index (Phi) is 43.5. The molecule has 8 nitrogen and oxygen atoms in total. The van der Waals surface area contributed by atoms with Gasteiger partial charge in [0.05, 0.1) is 34.4 Å². The van der Waals surface area contributed by atoms with E-state index in [0.717, 1.165) is 89.9 Å². The summed E-state index contributed by atoms with van der Waals surface area (Å²) >= 11 is 0. The molecule has 0 radical (unpaired) electrons. The molecule has 0 bridgehead atoms. The second kappa shape index (κ2) is 46.1. The van der Waals surface area contributed by atoms with E-state index < -0.39 is 18.1 Å². The minimum Gasteiger partial charge on any atom is -0.477 e. The summed E-state index contributed by atoms with van der Waals surface area (Å²) in [6.07, 6.45) is 60.5. The summed E-state index contributed by atoms with van der Waals surface area (Å²) in [7, 11) is 5.52. The van der Waals surface area contributed by atoms with E-state index in [4.69, 9.17) is 14.2 Å². The molecule has 2 atom stereocenters. The first-order valence-electron chi connectivity index (χ1n) is 25.6. The maximum atomic E-state index is 12.8. The average Bonchev–Trinajstić information content (AvgIpc) is 3.26. The number of hydrogen-bond donors (Lipinski definition) is 1. The van der Waals surface area contributed by atoms with Crippen LogP contribution in [-0.2, 0) is 28.6 Å². The van der Waals surface area contributed by atoms with Gasteiger partial charge in [-0.25, -0.2) is 4.79 Å². The molecule has 0 aliphatic heterocycles. The van der Waals surface area contributed by atoms with Crippen molar-refractivity contribution in [3.05, 3.63) is 85.1 Å². The zero-order chi connectivity index (χ0) is 47.0. The average molecular weight is 895 g/mol. The van der Waals surface area contributed by atoms with E-state index >= 15 is 0 Å². The summed E-state index contributed by atoms with van der Waals surface area (Å²) in [5.74, 6) is -1.50. The number of carbonyl (C=O) groups excluding carboxylic acids is 2. The van der Waals surface area contributed by atoms with Gasteiger partial charge in [-0.05, 0) is 89.9 Å². The second-order valence-electron chi connectivity index (χ2n) is 18.0. The fourth-order valence-corrected chi connectivity index (χ4v) is 7.09. The number of quaternary nitrogens is 1. The van der Waals surface area contributed by atoms with Gasteiger partial charge in [-0.15, -0.1) is 0 Å². The maximum Gasteiger partial charge on any atom is 0.362 e. The third kappa shape index (κ3) is 43.7. The van der Waals surface area contributed by atoms with Crippen LogP contribution in [0.2, 0.25) is 0 Å². The first-order valence-corrected chi connectivity index (χ1v) is 25.6. The fourth-order valence-electron chi connectivity index (χ4n) is 7.09. The molecule has 0 saturated carbocycles. The molecule has 0 aliphatic carbocycles. The van der Waals surface area contributed by atoms with E-state index in [1.54, 1.807) is 0 Å². The maximum absolute atomic E-state index is 12.8. The van der Waals surface area contributed by atoms with Crippen molar-refractivity contribution < 1.29 is 38.2 Å². The lowest BCUT2D eigenvalue weighted by molar-refractivity contribution is -0.887. The van der Waals surface area contributed by atoms with E-state index in [0.29, 0.717) is 19.3 Å². The van der Waals surface area contributed by atoms with Crippen LogP contribution in [-0.4, -0.2) is 80.6 Å². The van der Waals surface area contributed by atoms with Crippen LogP contribution in [0.25, 0.3) is 0 Å². The van der Waals surface area contributed by atoms with Crippen LogP contribution in [0.1, 0.15) is 200 Å². The summed E-state index contributed by atoms with van der Waals surface area (Å²) < 4.78 is 17.3. The van der Waals surface area contributed by atoms with Crippen LogP contribution in [0.15, 0.2) is 85.1 Å². The van der Waals surface area contributed by atoms with Gasteiger partial charge in [-0.3, -0.25) is 9.59 Å². The van der Waals surface area contributed by atoms with Crippen molar-refractivity contribution in [3.63, 3.8) is 0 Å². The number of carboxylic acid groups (broad SMARTS) is 1. The van der Waals surface area contributed by atoms with Gasteiger partial charge in [0, 0.05) is 19.3 Å². The second-order valence-corrected chi connectivity index (χ2v) is 18.0. The molecule has 0 fully saturated rings. The predicted octanol–water partition coefficient (Wildman–Crippen LogP) is 14.9. The van der Waals surface area contributed by atoms with Gasteiger partial charge in [-0.1, -0.05) is 176 Å². The van der Waals surface area contributed by atoms with Crippen LogP contribution in [0.5, 0.6) is 0 Å². The molecular weight excluding hydrogens is 799 g/mol. The molecular formula is C56H96NO7+. The minimum absolute atomic E-state index is 0.0501. The van der Waals surface area contributed by atoms with E-state index in [-0.39, 0.29) is 36.2 Å². The van der Waals surface area contributed by atoms with E-state index in [9.17, 15) is 19.5 Å². The first-order chi connectivity index (χ1) is 31.1. The lowest BCUT2D eigenvalue weighted by atomic mass is 10.1. The van der Waals surface area contributed by atoms with Gasteiger partial charge < -0.3 is 23.8 Å². The van der Waals surface area contributed by atoms with Crippen molar-refractivity contribution in [3.8, 4) is 0 Å². The molecule has 366 valence electrons. The Hall–Kier alpha value is -3.49. The highest BCUT2D eigenvalue weighted by atomic mass is 16.6. The Morgan fingerprint density at radius 2 is 0.875 bits per heavy atom. The van der Waals surface area contributed by atoms with Gasteiger partial charge in [0.25, 0.3) is 0 Å². The number of rotatable bonds is 45. The van der Waals surface area contributed by atoms with Crippen molar-refractivity contribution >= 4 is 17.9 Å². The van der Waals surface area contributed by atoms with Gasteiger partial charge >= 0.3 is 17.9 Å². The molecule has 64 heavy (non-hydrogen) atoms.